The van der Waals surface area contributed by atoms with Gasteiger partial charge in [0.15, 0.2) is 0 Å². The highest BCUT2D eigenvalue weighted by Gasteiger charge is 2.42. The monoisotopic (exact) mass is 533 g/mol. The number of morpholine rings is 1. The first kappa shape index (κ1) is 27.5. The second kappa shape index (κ2) is 12.4. The lowest BCUT2D eigenvalue weighted by atomic mass is 9.87. The number of urea groups is 1. The molecule has 210 valence electrons. The van der Waals surface area contributed by atoms with Crippen LogP contribution in [-0.4, -0.2) is 93.7 Å². The lowest BCUT2D eigenvalue weighted by Gasteiger charge is -2.46. The molecule has 3 fully saturated rings. The SMILES string of the molecule is CCN(C(=O)N(C)c1cccc(N2CCOCC2)c1)C1(C=O)CCN(Cc2ccc(N3CCCC3)cc2)CC1. The summed E-state index contributed by atoms with van der Waals surface area (Å²) in [5.74, 6) is 0. The number of aldehydes is 1. The van der Waals surface area contributed by atoms with E-state index < -0.39 is 5.54 Å². The number of nitrogens with zero attached hydrogens (tertiary/aromatic N) is 5. The molecule has 3 aliphatic rings. The van der Waals surface area contributed by atoms with E-state index in [-0.39, 0.29) is 6.03 Å². The molecule has 5 rings (SSSR count). The second-order valence-electron chi connectivity index (χ2n) is 11.1. The van der Waals surface area contributed by atoms with Crippen molar-refractivity contribution in [3.8, 4) is 0 Å². The summed E-state index contributed by atoms with van der Waals surface area (Å²) in [6.45, 7) is 10.3. The van der Waals surface area contributed by atoms with Gasteiger partial charge in [-0.05, 0) is 68.5 Å². The van der Waals surface area contributed by atoms with Crippen LogP contribution in [0.15, 0.2) is 48.5 Å². The van der Waals surface area contributed by atoms with Crippen LogP contribution in [0.5, 0.6) is 0 Å². The van der Waals surface area contributed by atoms with Gasteiger partial charge in [-0.3, -0.25) is 9.80 Å². The predicted molar refractivity (Wildman–Crippen MR) is 157 cm³/mol. The highest BCUT2D eigenvalue weighted by Crippen LogP contribution is 2.31. The van der Waals surface area contributed by atoms with E-state index in [2.05, 4.69) is 51.1 Å². The van der Waals surface area contributed by atoms with E-state index >= 15 is 0 Å². The maximum atomic E-state index is 13.8. The zero-order chi connectivity index (χ0) is 27.2. The fraction of sp³-hybridized carbons (Fsp3) is 0.548. The number of piperidine rings is 1. The molecule has 0 radical (unpaired) electrons. The Morgan fingerprint density at radius 2 is 1.59 bits per heavy atom. The van der Waals surface area contributed by atoms with Crippen LogP contribution in [0.3, 0.4) is 0 Å². The number of likely N-dealkylation sites (N-methyl/N-ethyl adjacent to an activating group) is 1. The zero-order valence-electron chi connectivity index (χ0n) is 23.6. The number of hydrogen-bond donors (Lipinski definition) is 0. The highest BCUT2D eigenvalue weighted by atomic mass is 16.5. The number of anilines is 3. The van der Waals surface area contributed by atoms with E-state index in [1.54, 1.807) is 9.80 Å². The molecule has 0 aromatic heterocycles. The Bertz CT molecular complexity index is 1100. The lowest BCUT2D eigenvalue weighted by molar-refractivity contribution is -0.119. The van der Waals surface area contributed by atoms with Crippen LogP contribution in [0.25, 0.3) is 0 Å². The fourth-order valence-electron chi connectivity index (χ4n) is 6.25. The summed E-state index contributed by atoms with van der Waals surface area (Å²) in [5, 5.41) is 0. The Kier molecular flexibility index (Phi) is 8.72. The number of likely N-dealkylation sites (tertiary alicyclic amines) is 1. The molecule has 0 bridgehead atoms. The Morgan fingerprint density at radius 1 is 0.923 bits per heavy atom. The molecule has 0 spiro atoms. The molecule has 8 heteroatoms. The van der Waals surface area contributed by atoms with Crippen LogP contribution in [-0.2, 0) is 16.1 Å². The quantitative estimate of drug-likeness (QED) is 0.474. The Hall–Kier alpha value is -3.10. The highest BCUT2D eigenvalue weighted by molar-refractivity contribution is 5.94. The third-order valence-electron chi connectivity index (χ3n) is 8.72. The number of amides is 2. The largest absolute Gasteiger partial charge is 0.378 e. The van der Waals surface area contributed by atoms with Crippen molar-refractivity contribution in [3.63, 3.8) is 0 Å². The van der Waals surface area contributed by atoms with Crippen LogP contribution < -0.4 is 14.7 Å². The van der Waals surface area contributed by atoms with Crippen LogP contribution in [0, 0.1) is 0 Å². The molecule has 39 heavy (non-hydrogen) atoms. The minimum Gasteiger partial charge on any atom is -0.378 e. The maximum Gasteiger partial charge on any atom is 0.325 e. The van der Waals surface area contributed by atoms with Gasteiger partial charge in [0.1, 0.15) is 11.8 Å². The maximum absolute atomic E-state index is 13.8. The number of hydrogen-bond acceptors (Lipinski definition) is 6. The number of benzene rings is 2. The first-order valence-corrected chi connectivity index (χ1v) is 14.5. The van der Waals surface area contributed by atoms with Crippen molar-refractivity contribution in [2.75, 3.05) is 80.8 Å². The van der Waals surface area contributed by atoms with Crippen LogP contribution >= 0.6 is 0 Å². The third kappa shape index (κ3) is 6.07. The Morgan fingerprint density at radius 3 is 2.23 bits per heavy atom. The molecule has 3 saturated heterocycles. The molecule has 3 aliphatic heterocycles. The average molecular weight is 534 g/mol. The summed E-state index contributed by atoms with van der Waals surface area (Å²) in [4.78, 5) is 37.0. The van der Waals surface area contributed by atoms with Crippen molar-refractivity contribution in [2.24, 2.45) is 0 Å². The normalized spacial score (nSPS) is 19.6. The zero-order valence-corrected chi connectivity index (χ0v) is 23.6. The van der Waals surface area contributed by atoms with Gasteiger partial charge in [0.05, 0.1) is 13.2 Å². The van der Waals surface area contributed by atoms with Gasteiger partial charge in [-0.1, -0.05) is 18.2 Å². The van der Waals surface area contributed by atoms with Crippen LogP contribution in [0.1, 0.15) is 38.2 Å². The molecule has 0 N–H and O–H groups in total. The topological polar surface area (TPSA) is 59.6 Å². The van der Waals surface area contributed by atoms with Crippen molar-refractivity contribution >= 4 is 29.4 Å². The van der Waals surface area contributed by atoms with Gasteiger partial charge in [0.25, 0.3) is 0 Å². The molecule has 2 aromatic carbocycles. The fourth-order valence-corrected chi connectivity index (χ4v) is 6.25. The van der Waals surface area contributed by atoms with Crippen molar-refractivity contribution in [2.45, 2.75) is 44.7 Å². The predicted octanol–water partition coefficient (Wildman–Crippen LogP) is 4.24. The minimum atomic E-state index is -0.780. The van der Waals surface area contributed by atoms with Crippen molar-refractivity contribution < 1.29 is 14.3 Å². The Balaban J connectivity index is 1.21. The second-order valence-corrected chi connectivity index (χ2v) is 11.1. The molecular weight excluding hydrogens is 490 g/mol. The first-order chi connectivity index (χ1) is 19.0. The minimum absolute atomic E-state index is 0.130. The van der Waals surface area contributed by atoms with Gasteiger partial charge in [0.2, 0.25) is 0 Å². The van der Waals surface area contributed by atoms with Crippen molar-refractivity contribution in [1.29, 1.82) is 0 Å². The van der Waals surface area contributed by atoms with Crippen molar-refractivity contribution in [3.05, 3.63) is 54.1 Å². The van der Waals surface area contributed by atoms with Gasteiger partial charge in [-0.25, -0.2) is 4.79 Å². The molecule has 0 unspecified atom stereocenters. The average Bonchev–Trinajstić information content (AvgIpc) is 3.54. The summed E-state index contributed by atoms with van der Waals surface area (Å²) in [6, 6.07) is 16.9. The van der Waals surface area contributed by atoms with Gasteiger partial charge in [-0.2, -0.15) is 0 Å². The molecule has 3 heterocycles. The summed E-state index contributed by atoms with van der Waals surface area (Å²) in [6.07, 6.45) is 4.87. The summed E-state index contributed by atoms with van der Waals surface area (Å²) in [5.41, 5.74) is 3.74. The van der Waals surface area contributed by atoms with E-state index in [1.807, 2.05) is 26.1 Å². The summed E-state index contributed by atoms with van der Waals surface area (Å²) in [7, 11) is 1.81. The van der Waals surface area contributed by atoms with E-state index in [1.165, 1.54) is 24.1 Å². The van der Waals surface area contributed by atoms with Crippen LogP contribution in [0.4, 0.5) is 21.9 Å². The molecule has 0 saturated carbocycles. The van der Waals surface area contributed by atoms with Gasteiger partial charge < -0.3 is 24.2 Å². The molecule has 0 aliphatic carbocycles. The third-order valence-corrected chi connectivity index (χ3v) is 8.72. The smallest absolute Gasteiger partial charge is 0.325 e. The molecule has 0 atom stereocenters. The lowest BCUT2D eigenvalue weighted by Crippen LogP contribution is -2.60. The van der Waals surface area contributed by atoms with Gasteiger partial charge in [-0.15, -0.1) is 0 Å². The molecule has 2 aromatic rings. The first-order valence-electron chi connectivity index (χ1n) is 14.5. The number of rotatable bonds is 8. The molecule has 2 amide bonds. The van der Waals surface area contributed by atoms with E-state index in [4.69, 9.17) is 4.74 Å². The Labute approximate surface area is 233 Å². The molecule has 8 nitrogen and oxygen atoms in total. The van der Waals surface area contributed by atoms with Crippen molar-refractivity contribution in [1.82, 2.24) is 9.80 Å². The standard InChI is InChI=1S/C31H43N5O3/c1-3-36(30(38)32(2)28-7-6-8-29(23-28)35-19-21-39-22-20-35)31(25-37)13-17-33(18-14-31)24-26-9-11-27(12-10-26)34-15-4-5-16-34/h6-12,23,25H,3-5,13-22,24H2,1-2H3. The van der Waals surface area contributed by atoms with E-state index in [0.717, 1.165) is 63.5 Å². The number of ether oxygens (including phenoxy) is 1. The summed E-state index contributed by atoms with van der Waals surface area (Å²) < 4.78 is 5.49. The summed E-state index contributed by atoms with van der Waals surface area (Å²) >= 11 is 0. The molecular formula is C31H43N5O3. The number of carbonyl (C=O) groups is 2. The van der Waals surface area contributed by atoms with Gasteiger partial charge in [0, 0.05) is 76.5 Å². The van der Waals surface area contributed by atoms with Gasteiger partial charge >= 0.3 is 6.03 Å². The number of carbonyl (C=O) groups excluding carboxylic acids is 2. The van der Waals surface area contributed by atoms with E-state index in [0.29, 0.717) is 32.6 Å². The van der Waals surface area contributed by atoms with E-state index in [9.17, 15) is 9.59 Å². The van der Waals surface area contributed by atoms with Crippen LogP contribution in [0.2, 0.25) is 0 Å².